The van der Waals surface area contributed by atoms with Crippen molar-refractivity contribution in [3.8, 4) is 5.75 Å². The Morgan fingerprint density at radius 3 is 3.00 bits per heavy atom. The SMILES string of the molecule is COc1cc(C)ccc1CN1C[C@@H](C)OC=CC1=O. The van der Waals surface area contributed by atoms with Crippen molar-refractivity contribution in [2.75, 3.05) is 13.7 Å². The molecule has 0 aromatic heterocycles. The van der Waals surface area contributed by atoms with Crippen LogP contribution in [0.25, 0.3) is 0 Å². The molecular weight excluding hydrogens is 242 g/mol. The molecule has 102 valence electrons. The second-order valence-corrected chi connectivity index (χ2v) is 4.78. The Kier molecular flexibility index (Phi) is 4.10. The predicted octanol–water partition coefficient (Wildman–Crippen LogP) is 2.26. The van der Waals surface area contributed by atoms with Gasteiger partial charge >= 0.3 is 0 Å². The number of aryl methyl sites for hydroxylation is 1. The second-order valence-electron chi connectivity index (χ2n) is 4.78. The van der Waals surface area contributed by atoms with Crippen molar-refractivity contribution in [3.05, 3.63) is 41.7 Å². The van der Waals surface area contributed by atoms with Crippen LogP contribution in [0.15, 0.2) is 30.5 Å². The number of rotatable bonds is 3. The summed E-state index contributed by atoms with van der Waals surface area (Å²) in [6.07, 6.45) is 2.93. The van der Waals surface area contributed by atoms with Gasteiger partial charge < -0.3 is 14.4 Å². The maximum absolute atomic E-state index is 11.9. The fourth-order valence-electron chi connectivity index (χ4n) is 2.11. The number of amides is 1. The molecule has 0 spiro atoms. The van der Waals surface area contributed by atoms with Crippen LogP contribution in [0.3, 0.4) is 0 Å². The number of ether oxygens (including phenoxy) is 2. The summed E-state index contributed by atoms with van der Waals surface area (Å²) in [7, 11) is 1.65. The Morgan fingerprint density at radius 2 is 2.26 bits per heavy atom. The molecule has 0 bridgehead atoms. The van der Waals surface area contributed by atoms with Crippen LogP contribution in [0.1, 0.15) is 18.1 Å². The number of benzene rings is 1. The van der Waals surface area contributed by atoms with Crippen molar-refractivity contribution in [1.29, 1.82) is 0 Å². The number of methoxy groups -OCH3 is 1. The van der Waals surface area contributed by atoms with Gasteiger partial charge in [-0.2, -0.15) is 0 Å². The Bertz CT molecular complexity index is 496. The van der Waals surface area contributed by atoms with Crippen molar-refractivity contribution < 1.29 is 14.3 Å². The average Bonchev–Trinajstić information content (AvgIpc) is 2.54. The smallest absolute Gasteiger partial charge is 0.250 e. The van der Waals surface area contributed by atoms with E-state index in [-0.39, 0.29) is 12.0 Å². The van der Waals surface area contributed by atoms with E-state index in [2.05, 4.69) is 0 Å². The van der Waals surface area contributed by atoms with Gasteiger partial charge in [0.05, 0.1) is 19.9 Å². The minimum Gasteiger partial charge on any atom is -0.496 e. The van der Waals surface area contributed by atoms with Crippen LogP contribution in [-0.4, -0.2) is 30.6 Å². The largest absolute Gasteiger partial charge is 0.496 e. The van der Waals surface area contributed by atoms with Gasteiger partial charge in [0.2, 0.25) is 5.91 Å². The Morgan fingerprint density at radius 1 is 1.47 bits per heavy atom. The number of carbonyl (C=O) groups is 1. The van der Waals surface area contributed by atoms with Crippen molar-refractivity contribution in [2.24, 2.45) is 0 Å². The molecule has 0 radical (unpaired) electrons. The molecule has 1 heterocycles. The average molecular weight is 261 g/mol. The van der Waals surface area contributed by atoms with Gasteiger partial charge in [-0.05, 0) is 25.5 Å². The first kappa shape index (κ1) is 13.5. The molecule has 0 saturated carbocycles. The third-order valence-electron chi connectivity index (χ3n) is 3.11. The van der Waals surface area contributed by atoms with E-state index >= 15 is 0 Å². The van der Waals surface area contributed by atoms with Gasteiger partial charge in [-0.1, -0.05) is 12.1 Å². The molecule has 1 amide bonds. The molecule has 0 aliphatic carbocycles. The summed E-state index contributed by atoms with van der Waals surface area (Å²) in [6.45, 7) is 5.06. The van der Waals surface area contributed by atoms with E-state index in [1.165, 1.54) is 12.3 Å². The van der Waals surface area contributed by atoms with E-state index in [1.54, 1.807) is 12.0 Å². The van der Waals surface area contributed by atoms with Crippen LogP contribution >= 0.6 is 0 Å². The van der Waals surface area contributed by atoms with Crippen LogP contribution in [0.2, 0.25) is 0 Å². The third-order valence-corrected chi connectivity index (χ3v) is 3.11. The highest BCUT2D eigenvalue weighted by Crippen LogP contribution is 2.22. The van der Waals surface area contributed by atoms with Gasteiger partial charge in [-0.25, -0.2) is 0 Å². The third kappa shape index (κ3) is 3.28. The first-order valence-corrected chi connectivity index (χ1v) is 6.34. The molecule has 1 aromatic carbocycles. The van der Waals surface area contributed by atoms with E-state index < -0.39 is 0 Å². The molecule has 19 heavy (non-hydrogen) atoms. The molecule has 1 aliphatic heterocycles. The molecule has 0 N–H and O–H groups in total. The van der Waals surface area contributed by atoms with E-state index in [0.717, 1.165) is 16.9 Å². The highest BCUT2D eigenvalue weighted by molar-refractivity contribution is 5.87. The zero-order valence-electron chi connectivity index (χ0n) is 11.6. The molecular formula is C15H19NO3. The fraction of sp³-hybridized carbons (Fsp3) is 0.400. The lowest BCUT2D eigenvalue weighted by Gasteiger charge is -2.23. The second kappa shape index (κ2) is 5.78. The number of carbonyl (C=O) groups excluding carboxylic acids is 1. The molecule has 4 heteroatoms. The van der Waals surface area contributed by atoms with E-state index in [9.17, 15) is 4.79 Å². The minimum absolute atomic E-state index is 0.000793. The summed E-state index contributed by atoms with van der Waals surface area (Å²) in [6, 6.07) is 6.00. The summed E-state index contributed by atoms with van der Waals surface area (Å²) in [5, 5.41) is 0. The molecule has 2 rings (SSSR count). The highest BCUT2D eigenvalue weighted by Gasteiger charge is 2.19. The Hall–Kier alpha value is -1.97. The summed E-state index contributed by atoms with van der Waals surface area (Å²) in [5.74, 6) is 0.779. The molecule has 4 nitrogen and oxygen atoms in total. The van der Waals surface area contributed by atoms with Crippen LogP contribution < -0.4 is 4.74 Å². The molecule has 0 fully saturated rings. The normalized spacial score (nSPS) is 19.0. The van der Waals surface area contributed by atoms with Crippen LogP contribution in [0.5, 0.6) is 5.75 Å². The maximum Gasteiger partial charge on any atom is 0.250 e. The lowest BCUT2D eigenvalue weighted by Crippen LogP contribution is -2.34. The summed E-state index contributed by atoms with van der Waals surface area (Å²) in [5.41, 5.74) is 2.14. The lowest BCUT2D eigenvalue weighted by molar-refractivity contribution is -0.127. The van der Waals surface area contributed by atoms with Gasteiger partial charge in [0, 0.05) is 18.2 Å². The zero-order valence-corrected chi connectivity index (χ0v) is 11.6. The summed E-state index contributed by atoms with van der Waals surface area (Å²) in [4.78, 5) is 13.7. The van der Waals surface area contributed by atoms with E-state index in [4.69, 9.17) is 9.47 Å². The Balaban J connectivity index is 2.19. The zero-order chi connectivity index (χ0) is 13.8. The predicted molar refractivity (Wildman–Crippen MR) is 72.8 cm³/mol. The number of hydrogen-bond donors (Lipinski definition) is 0. The highest BCUT2D eigenvalue weighted by atomic mass is 16.5. The van der Waals surface area contributed by atoms with Gasteiger partial charge in [0.25, 0.3) is 0 Å². The van der Waals surface area contributed by atoms with Crippen LogP contribution in [0.4, 0.5) is 0 Å². The quantitative estimate of drug-likeness (QED) is 0.837. The standard InChI is InChI=1S/C15H19NO3/c1-11-4-5-13(14(8-11)18-3)10-16-9-12(2)19-7-6-15(16)17/h4-8,12H,9-10H2,1-3H3/t12-/m1/s1. The van der Waals surface area contributed by atoms with Crippen LogP contribution in [-0.2, 0) is 16.1 Å². The van der Waals surface area contributed by atoms with E-state index in [1.807, 2.05) is 32.0 Å². The molecule has 0 unspecified atom stereocenters. The number of hydrogen-bond acceptors (Lipinski definition) is 3. The van der Waals surface area contributed by atoms with Crippen molar-refractivity contribution in [2.45, 2.75) is 26.5 Å². The first-order chi connectivity index (χ1) is 9.10. The van der Waals surface area contributed by atoms with Gasteiger partial charge in [-0.3, -0.25) is 4.79 Å². The van der Waals surface area contributed by atoms with Crippen molar-refractivity contribution in [3.63, 3.8) is 0 Å². The van der Waals surface area contributed by atoms with Crippen molar-refractivity contribution in [1.82, 2.24) is 4.90 Å². The van der Waals surface area contributed by atoms with E-state index in [0.29, 0.717) is 13.1 Å². The molecule has 0 saturated heterocycles. The van der Waals surface area contributed by atoms with Gasteiger partial charge in [0.15, 0.2) is 0 Å². The molecule has 1 atom stereocenters. The summed E-state index contributed by atoms with van der Waals surface area (Å²) >= 11 is 0. The fourth-order valence-corrected chi connectivity index (χ4v) is 2.11. The van der Waals surface area contributed by atoms with Gasteiger partial charge in [-0.15, -0.1) is 0 Å². The minimum atomic E-state index is -0.0352. The van der Waals surface area contributed by atoms with Crippen LogP contribution in [0, 0.1) is 6.92 Å². The van der Waals surface area contributed by atoms with Gasteiger partial charge in [0.1, 0.15) is 11.9 Å². The maximum atomic E-state index is 11.9. The lowest BCUT2D eigenvalue weighted by atomic mass is 10.1. The Labute approximate surface area is 113 Å². The monoisotopic (exact) mass is 261 g/mol. The first-order valence-electron chi connectivity index (χ1n) is 6.34. The molecule has 1 aliphatic rings. The number of nitrogens with zero attached hydrogens (tertiary/aromatic N) is 1. The summed E-state index contributed by atoms with van der Waals surface area (Å²) < 4.78 is 10.7. The van der Waals surface area contributed by atoms with Crippen molar-refractivity contribution >= 4 is 5.91 Å². The topological polar surface area (TPSA) is 38.8 Å². The molecule has 1 aromatic rings.